The molecule has 13 aromatic carbocycles. The lowest BCUT2D eigenvalue weighted by atomic mass is 9.30. The van der Waals surface area contributed by atoms with E-state index in [1.54, 1.807) is 0 Å². The Labute approximate surface area is 573 Å². The van der Waals surface area contributed by atoms with Gasteiger partial charge in [0.25, 0.3) is 13.4 Å². The van der Waals surface area contributed by atoms with E-state index in [9.17, 15) is 0 Å². The standard InChI is InChI=1S/C90H72B2N4O2/c1-88(2,3)57-46-66(55-28-13-10-14-29-55)86(67(47-57)56-30-15-11-16-31-56)96-77-54-82-71(92-68-38-22-25-41-74(68)95(80-50-59(90(7,8)9)51-83(97-82)85(80)92)75-42-27-37-65-64-36-21-26-43-81(64)98-87(65)75)53-70(77)91-69-45-44-61(94-72-39-23-19-34-62(72)63-35-20-24-40-73(63)94)52-76(69)93(60-32-17-12-18-33-60)78-48-58(89(4,5)6)49-79(96)84(78)91/h10-54H,1-9H3. The van der Waals surface area contributed by atoms with Gasteiger partial charge >= 0.3 is 0 Å². The quantitative estimate of drug-likeness (QED) is 0.155. The lowest BCUT2D eigenvalue weighted by Crippen LogP contribution is -2.64. The maximum atomic E-state index is 7.90. The first-order valence-electron chi connectivity index (χ1n) is 34.6. The van der Waals surface area contributed by atoms with Crippen LogP contribution in [0, 0.1) is 0 Å². The van der Waals surface area contributed by atoms with E-state index in [1.807, 2.05) is 0 Å². The smallest absolute Gasteiger partial charge is 0.256 e. The summed E-state index contributed by atoms with van der Waals surface area (Å²) >= 11 is 0. The normalized spacial score (nSPS) is 13.7. The number of rotatable bonds is 6. The molecule has 4 aliphatic heterocycles. The van der Waals surface area contributed by atoms with Gasteiger partial charge in [0.05, 0.1) is 22.4 Å². The second-order valence-electron chi connectivity index (χ2n) is 30.4. The molecule has 4 aliphatic rings. The van der Waals surface area contributed by atoms with Crippen LogP contribution in [0.5, 0.6) is 11.5 Å². The number of benzene rings is 13. The predicted octanol–water partition coefficient (Wildman–Crippen LogP) is 20.4. The monoisotopic (exact) mass is 1260 g/mol. The second kappa shape index (κ2) is 21.1. The van der Waals surface area contributed by atoms with Crippen molar-refractivity contribution in [3.05, 3.63) is 290 Å². The first kappa shape index (κ1) is 58.2. The van der Waals surface area contributed by atoms with Crippen molar-refractivity contribution >= 4 is 141 Å². The maximum absolute atomic E-state index is 7.90. The highest BCUT2D eigenvalue weighted by Crippen LogP contribution is 2.54. The number of anilines is 9. The highest BCUT2D eigenvalue weighted by Gasteiger charge is 2.49. The summed E-state index contributed by atoms with van der Waals surface area (Å²) in [7, 11) is 0. The zero-order chi connectivity index (χ0) is 66.3. The van der Waals surface area contributed by atoms with Gasteiger partial charge in [0.15, 0.2) is 5.58 Å². The molecule has 8 heteroatoms. The van der Waals surface area contributed by atoms with Gasteiger partial charge < -0.3 is 28.4 Å². The number of nitrogens with zero attached hydrogens (tertiary/aromatic N) is 4. The third-order valence-corrected chi connectivity index (χ3v) is 21.4. The minimum atomic E-state index is -0.273. The largest absolute Gasteiger partial charge is 0.458 e. The van der Waals surface area contributed by atoms with E-state index in [2.05, 4.69) is 355 Å². The van der Waals surface area contributed by atoms with Crippen LogP contribution in [0.4, 0.5) is 51.2 Å². The van der Waals surface area contributed by atoms with Crippen LogP contribution in [0.15, 0.2) is 277 Å². The fraction of sp³-hybridized carbons (Fsp3) is 0.133. The molecular formula is C90H72B2N4O2. The number of hydrogen-bond donors (Lipinski definition) is 0. The van der Waals surface area contributed by atoms with Crippen LogP contribution in [-0.4, -0.2) is 18.0 Å². The molecule has 6 heterocycles. The van der Waals surface area contributed by atoms with Crippen LogP contribution < -0.4 is 52.2 Å². The molecule has 0 aliphatic carbocycles. The Morgan fingerprint density at radius 2 is 0.806 bits per heavy atom. The predicted molar refractivity (Wildman–Crippen MR) is 415 cm³/mol. The molecule has 0 saturated heterocycles. The van der Waals surface area contributed by atoms with E-state index >= 15 is 0 Å². The van der Waals surface area contributed by atoms with Crippen LogP contribution in [0.2, 0.25) is 0 Å². The van der Waals surface area contributed by atoms with E-state index in [1.165, 1.54) is 60.3 Å². The number of hydrogen-bond acceptors (Lipinski definition) is 5. The van der Waals surface area contributed by atoms with Gasteiger partial charge in [-0.1, -0.05) is 238 Å². The molecule has 2 aromatic heterocycles. The minimum Gasteiger partial charge on any atom is -0.458 e. The Morgan fingerprint density at radius 1 is 0.306 bits per heavy atom. The van der Waals surface area contributed by atoms with Crippen LogP contribution in [0.1, 0.15) is 79.0 Å². The molecule has 19 rings (SSSR count). The van der Waals surface area contributed by atoms with Gasteiger partial charge in [-0.15, -0.1) is 0 Å². The van der Waals surface area contributed by atoms with E-state index in [4.69, 9.17) is 9.15 Å². The van der Waals surface area contributed by atoms with Crippen LogP contribution >= 0.6 is 0 Å². The Kier molecular flexibility index (Phi) is 12.6. The number of aromatic nitrogens is 1. The average molecular weight is 1260 g/mol. The lowest BCUT2D eigenvalue weighted by Gasteiger charge is -2.47. The highest BCUT2D eigenvalue weighted by atomic mass is 16.5. The number of fused-ring (bicyclic) bond motifs is 14. The van der Waals surface area contributed by atoms with Gasteiger partial charge in [-0.3, -0.25) is 0 Å². The molecule has 6 nitrogen and oxygen atoms in total. The summed E-state index contributed by atoms with van der Waals surface area (Å²) < 4.78 is 17.3. The molecule has 0 atom stereocenters. The third kappa shape index (κ3) is 8.69. The Balaban J connectivity index is 0.947. The van der Waals surface area contributed by atoms with Crippen molar-refractivity contribution in [2.24, 2.45) is 0 Å². The molecule has 0 bridgehead atoms. The maximum Gasteiger partial charge on any atom is 0.256 e. The number of ether oxygens (including phenoxy) is 1. The molecule has 0 N–H and O–H groups in total. The van der Waals surface area contributed by atoms with Gasteiger partial charge in [0.2, 0.25) is 0 Å². The lowest BCUT2D eigenvalue weighted by molar-refractivity contribution is 0.483. The SMILES string of the molecule is CC(C)(C)c1cc(-c2ccccc2)c(N2c3cc4c(cc3B3c5ccc(-n6c7ccccc7c7ccccc76)cc5N(c5ccccc5)c5cc(C(C)(C)C)cc2c53)B2c3ccccc3N(c3cccc5c3oc3ccccc35)c3cc(C(C)(C)C)cc(c32)O4)c(-c2ccccc2)c1. The molecule has 0 amide bonds. The van der Waals surface area contributed by atoms with Crippen molar-refractivity contribution in [1.29, 1.82) is 0 Å². The Bertz CT molecular complexity index is 5720. The van der Waals surface area contributed by atoms with Crippen molar-refractivity contribution < 1.29 is 9.15 Å². The van der Waals surface area contributed by atoms with Crippen molar-refractivity contribution in [3.63, 3.8) is 0 Å². The molecule has 0 saturated carbocycles. The Hall–Kier alpha value is -11.2. The summed E-state index contributed by atoms with van der Waals surface area (Å²) in [6.07, 6.45) is 0. The van der Waals surface area contributed by atoms with Crippen molar-refractivity contribution in [2.45, 2.75) is 78.6 Å². The summed E-state index contributed by atoms with van der Waals surface area (Å²) in [5, 5.41) is 4.66. The third-order valence-electron chi connectivity index (χ3n) is 21.4. The molecule has 0 unspecified atom stereocenters. The fourth-order valence-corrected chi connectivity index (χ4v) is 16.6. The van der Waals surface area contributed by atoms with Crippen LogP contribution in [0.3, 0.4) is 0 Å². The van der Waals surface area contributed by atoms with E-state index in [-0.39, 0.29) is 29.7 Å². The van der Waals surface area contributed by atoms with Crippen molar-refractivity contribution in [2.75, 3.05) is 14.7 Å². The molecule has 15 aromatic rings. The van der Waals surface area contributed by atoms with Crippen LogP contribution in [-0.2, 0) is 16.2 Å². The first-order valence-corrected chi connectivity index (χ1v) is 34.6. The summed E-state index contributed by atoms with van der Waals surface area (Å²) in [6, 6.07) is 102. The highest BCUT2D eigenvalue weighted by molar-refractivity contribution is 7.02. The Morgan fingerprint density at radius 3 is 1.46 bits per heavy atom. The zero-order valence-electron chi connectivity index (χ0n) is 56.7. The van der Waals surface area contributed by atoms with Gasteiger partial charge in [-0.05, 0) is 168 Å². The first-order chi connectivity index (χ1) is 47.5. The van der Waals surface area contributed by atoms with Gasteiger partial charge in [0, 0.05) is 84.2 Å². The summed E-state index contributed by atoms with van der Waals surface area (Å²) in [6.45, 7) is 20.6. The van der Waals surface area contributed by atoms with Crippen molar-refractivity contribution in [3.8, 4) is 39.4 Å². The topological polar surface area (TPSA) is 37.0 Å². The van der Waals surface area contributed by atoms with Gasteiger partial charge in [-0.2, -0.15) is 0 Å². The van der Waals surface area contributed by atoms with E-state index < -0.39 is 0 Å². The molecule has 0 fully saturated rings. The number of furan rings is 1. The van der Waals surface area contributed by atoms with Crippen molar-refractivity contribution in [1.82, 2.24) is 4.57 Å². The summed E-state index contributed by atoms with van der Waals surface area (Å²) in [5.74, 6) is 1.71. The van der Waals surface area contributed by atoms with E-state index in [0.29, 0.717) is 0 Å². The number of para-hydroxylation sites is 6. The molecule has 98 heavy (non-hydrogen) atoms. The van der Waals surface area contributed by atoms with Gasteiger partial charge in [-0.25, -0.2) is 0 Å². The fourth-order valence-electron chi connectivity index (χ4n) is 16.6. The molecule has 0 spiro atoms. The molecular weight excluding hydrogens is 1190 g/mol. The average Bonchev–Trinajstić information content (AvgIpc) is 0.822. The molecule has 470 valence electrons. The van der Waals surface area contributed by atoms with Gasteiger partial charge in [0.1, 0.15) is 17.1 Å². The second-order valence-corrected chi connectivity index (χ2v) is 30.4. The summed E-state index contributed by atoms with van der Waals surface area (Å²) in [4.78, 5) is 7.74. The van der Waals surface area contributed by atoms with Crippen LogP contribution in [0.25, 0.3) is 71.7 Å². The van der Waals surface area contributed by atoms with E-state index in [0.717, 1.165) is 123 Å². The molecule has 0 radical (unpaired) electrons. The zero-order valence-corrected chi connectivity index (χ0v) is 56.7. The minimum absolute atomic E-state index is 0.185. The summed E-state index contributed by atoms with van der Waals surface area (Å²) in [5.41, 5.74) is 29.9.